The molecule has 1 aromatic heterocycles. The molecule has 0 atom stereocenters. The van der Waals surface area contributed by atoms with Gasteiger partial charge in [-0.25, -0.2) is 13.4 Å². The minimum Gasteiger partial charge on any atom is -0.508 e. The van der Waals surface area contributed by atoms with Crippen LogP contribution in [0.25, 0.3) is 0 Å². The summed E-state index contributed by atoms with van der Waals surface area (Å²) in [5.41, 5.74) is 0.833. The molecular formula is C16H14ClN3O3S2. The van der Waals surface area contributed by atoms with Crippen LogP contribution in [0.15, 0.2) is 59.6 Å². The number of halogens is 1. The van der Waals surface area contributed by atoms with Gasteiger partial charge in [-0.15, -0.1) is 11.3 Å². The highest BCUT2D eigenvalue weighted by Crippen LogP contribution is 2.26. The second-order valence-corrected chi connectivity index (χ2v) is 8.43. The SMILES string of the molecule is O=S(=O)(Nc1ccc(O)cc1)c1ccccc1NCc1cnc(Cl)s1. The van der Waals surface area contributed by atoms with Gasteiger partial charge in [0, 0.05) is 16.8 Å². The summed E-state index contributed by atoms with van der Waals surface area (Å²) < 4.78 is 28.3. The molecule has 0 saturated heterocycles. The number of aromatic hydroxyl groups is 1. The lowest BCUT2D eigenvalue weighted by atomic mass is 10.3. The molecule has 3 aromatic rings. The minimum absolute atomic E-state index is 0.0632. The van der Waals surface area contributed by atoms with Crippen LogP contribution in [-0.2, 0) is 16.6 Å². The van der Waals surface area contributed by atoms with Crippen LogP contribution >= 0.6 is 22.9 Å². The van der Waals surface area contributed by atoms with Crippen molar-refractivity contribution in [3.63, 3.8) is 0 Å². The van der Waals surface area contributed by atoms with Crippen molar-refractivity contribution >= 4 is 44.3 Å². The van der Waals surface area contributed by atoms with E-state index in [0.717, 1.165) is 4.88 Å². The van der Waals surface area contributed by atoms with Crippen molar-refractivity contribution in [2.24, 2.45) is 0 Å². The van der Waals surface area contributed by atoms with Gasteiger partial charge in [0.1, 0.15) is 10.6 Å². The van der Waals surface area contributed by atoms with Crippen LogP contribution in [0, 0.1) is 0 Å². The van der Waals surface area contributed by atoms with E-state index in [1.54, 1.807) is 24.4 Å². The Balaban J connectivity index is 1.82. The molecule has 9 heteroatoms. The fraction of sp³-hybridized carbons (Fsp3) is 0.0625. The summed E-state index contributed by atoms with van der Waals surface area (Å²) in [6, 6.07) is 12.4. The van der Waals surface area contributed by atoms with Gasteiger partial charge in [-0.3, -0.25) is 4.72 Å². The highest BCUT2D eigenvalue weighted by molar-refractivity contribution is 7.92. The van der Waals surface area contributed by atoms with Gasteiger partial charge in [0.15, 0.2) is 4.47 Å². The molecule has 0 aliphatic carbocycles. The lowest BCUT2D eigenvalue weighted by Crippen LogP contribution is -2.15. The molecule has 1 heterocycles. The summed E-state index contributed by atoms with van der Waals surface area (Å²) in [6.07, 6.45) is 1.64. The quantitative estimate of drug-likeness (QED) is 0.550. The molecule has 0 bridgehead atoms. The van der Waals surface area contributed by atoms with Gasteiger partial charge in [-0.1, -0.05) is 23.7 Å². The van der Waals surface area contributed by atoms with E-state index in [9.17, 15) is 13.5 Å². The Morgan fingerprint density at radius 3 is 2.52 bits per heavy atom. The number of anilines is 2. The van der Waals surface area contributed by atoms with E-state index in [-0.39, 0.29) is 10.6 Å². The van der Waals surface area contributed by atoms with Crippen molar-refractivity contribution in [2.45, 2.75) is 11.4 Å². The number of aromatic nitrogens is 1. The number of nitrogens with zero attached hydrogens (tertiary/aromatic N) is 1. The van der Waals surface area contributed by atoms with Crippen molar-refractivity contribution in [1.29, 1.82) is 0 Å². The maximum atomic E-state index is 12.7. The third-order valence-electron chi connectivity index (χ3n) is 3.27. The molecule has 0 spiro atoms. The van der Waals surface area contributed by atoms with Crippen LogP contribution < -0.4 is 10.0 Å². The largest absolute Gasteiger partial charge is 0.508 e. The molecule has 0 amide bonds. The number of nitrogens with one attached hydrogen (secondary N) is 2. The summed E-state index contributed by atoms with van der Waals surface area (Å²) in [6.45, 7) is 0.413. The van der Waals surface area contributed by atoms with Crippen molar-refractivity contribution in [3.8, 4) is 5.75 Å². The Kier molecular flexibility index (Phi) is 5.12. The van der Waals surface area contributed by atoms with Crippen LogP contribution in [0.4, 0.5) is 11.4 Å². The third kappa shape index (κ3) is 4.41. The number of phenols is 1. The van der Waals surface area contributed by atoms with Gasteiger partial charge < -0.3 is 10.4 Å². The number of rotatable bonds is 6. The zero-order chi connectivity index (χ0) is 17.9. The lowest BCUT2D eigenvalue weighted by Gasteiger charge is -2.13. The molecule has 130 valence electrons. The van der Waals surface area contributed by atoms with E-state index in [1.807, 2.05) is 0 Å². The smallest absolute Gasteiger partial charge is 0.263 e. The van der Waals surface area contributed by atoms with Crippen LogP contribution in [0.5, 0.6) is 5.75 Å². The van der Waals surface area contributed by atoms with E-state index < -0.39 is 10.0 Å². The molecule has 0 unspecified atom stereocenters. The standard InChI is InChI=1S/C16H14ClN3O3S2/c17-16-19-10-13(24-16)9-18-14-3-1-2-4-15(14)25(22,23)20-11-5-7-12(21)8-6-11/h1-8,10,18,20-21H,9H2. The number of sulfonamides is 1. The summed E-state index contributed by atoms with van der Waals surface area (Å²) >= 11 is 7.13. The molecule has 0 aliphatic rings. The summed E-state index contributed by atoms with van der Waals surface area (Å²) in [7, 11) is -3.79. The lowest BCUT2D eigenvalue weighted by molar-refractivity contribution is 0.475. The number of phenolic OH excluding ortho intramolecular Hbond substituents is 1. The maximum Gasteiger partial charge on any atom is 0.263 e. The first-order chi connectivity index (χ1) is 11.9. The van der Waals surface area contributed by atoms with Gasteiger partial charge in [0.2, 0.25) is 0 Å². The molecule has 3 N–H and O–H groups in total. The zero-order valence-corrected chi connectivity index (χ0v) is 15.2. The first kappa shape index (κ1) is 17.5. The van der Waals surface area contributed by atoms with Crippen molar-refractivity contribution in [3.05, 3.63) is 64.1 Å². The van der Waals surface area contributed by atoms with E-state index in [4.69, 9.17) is 11.6 Å². The first-order valence-electron chi connectivity index (χ1n) is 7.19. The Labute approximate surface area is 154 Å². The highest BCUT2D eigenvalue weighted by atomic mass is 35.5. The fourth-order valence-electron chi connectivity index (χ4n) is 2.13. The second kappa shape index (κ2) is 7.30. The molecular weight excluding hydrogens is 382 g/mol. The Hall–Kier alpha value is -2.29. The molecule has 0 aliphatic heterocycles. The van der Waals surface area contributed by atoms with Gasteiger partial charge in [-0.05, 0) is 36.4 Å². The first-order valence-corrected chi connectivity index (χ1v) is 9.87. The van der Waals surface area contributed by atoms with E-state index >= 15 is 0 Å². The Morgan fingerprint density at radius 2 is 1.84 bits per heavy atom. The number of para-hydroxylation sites is 1. The number of hydrogen-bond acceptors (Lipinski definition) is 6. The van der Waals surface area contributed by atoms with Gasteiger partial charge >= 0.3 is 0 Å². The van der Waals surface area contributed by atoms with Crippen LogP contribution in [0.2, 0.25) is 4.47 Å². The number of hydrogen-bond donors (Lipinski definition) is 3. The van der Waals surface area contributed by atoms with Gasteiger partial charge in [-0.2, -0.15) is 0 Å². The second-order valence-electron chi connectivity index (χ2n) is 5.08. The van der Waals surface area contributed by atoms with E-state index in [1.165, 1.54) is 41.7 Å². The maximum absolute atomic E-state index is 12.7. The summed E-state index contributed by atoms with van der Waals surface area (Å²) in [5, 5.41) is 12.4. The van der Waals surface area contributed by atoms with Crippen molar-refractivity contribution in [2.75, 3.05) is 10.0 Å². The molecule has 3 rings (SSSR count). The number of benzene rings is 2. The highest BCUT2D eigenvalue weighted by Gasteiger charge is 2.18. The molecule has 0 fully saturated rings. The topological polar surface area (TPSA) is 91.3 Å². The van der Waals surface area contributed by atoms with Crippen molar-refractivity contribution < 1.29 is 13.5 Å². The molecule has 2 aromatic carbocycles. The van der Waals surface area contributed by atoms with Gasteiger partial charge in [0.05, 0.1) is 12.2 Å². The molecule has 25 heavy (non-hydrogen) atoms. The normalized spacial score (nSPS) is 11.2. The monoisotopic (exact) mass is 395 g/mol. The third-order valence-corrected chi connectivity index (χ3v) is 5.83. The average molecular weight is 396 g/mol. The van der Waals surface area contributed by atoms with Crippen molar-refractivity contribution in [1.82, 2.24) is 4.98 Å². The Bertz CT molecular complexity index is 972. The van der Waals surface area contributed by atoms with E-state index in [2.05, 4.69) is 15.0 Å². The average Bonchev–Trinajstić information content (AvgIpc) is 3.01. The van der Waals surface area contributed by atoms with Crippen LogP contribution in [-0.4, -0.2) is 18.5 Å². The summed E-state index contributed by atoms with van der Waals surface area (Å²) in [5.74, 6) is 0.0632. The summed E-state index contributed by atoms with van der Waals surface area (Å²) in [4.78, 5) is 4.97. The molecule has 6 nitrogen and oxygen atoms in total. The fourth-order valence-corrected chi connectivity index (χ4v) is 4.30. The molecule has 0 radical (unpaired) electrons. The minimum atomic E-state index is -3.79. The predicted octanol–water partition coefficient (Wildman–Crippen LogP) is 3.92. The van der Waals surface area contributed by atoms with Crippen LogP contribution in [0.1, 0.15) is 4.88 Å². The van der Waals surface area contributed by atoms with E-state index in [0.29, 0.717) is 22.4 Å². The number of thiazole rings is 1. The Morgan fingerprint density at radius 1 is 1.12 bits per heavy atom. The predicted molar refractivity (Wildman–Crippen MR) is 99.8 cm³/mol. The zero-order valence-electron chi connectivity index (χ0n) is 12.8. The van der Waals surface area contributed by atoms with Crippen LogP contribution in [0.3, 0.4) is 0 Å². The van der Waals surface area contributed by atoms with Gasteiger partial charge in [0.25, 0.3) is 10.0 Å². The molecule has 0 saturated carbocycles.